The zero-order valence-corrected chi connectivity index (χ0v) is 11.0. The predicted octanol–water partition coefficient (Wildman–Crippen LogP) is 1.06. The number of likely N-dealkylation sites (tertiary alicyclic amines) is 1. The second-order valence-electron chi connectivity index (χ2n) is 6.56. The molecule has 19 heavy (non-hydrogen) atoms. The molecule has 0 radical (unpaired) electrons. The van der Waals surface area contributed by atoms with E-state index in [-0.39, 0.29) is 35.7 Å². The smallest absolute Gasteiger partial charge is 0.234 e. The quantitative estimate of drug-likeness (QED) is 0.566. The zero-order chi connectivity index (χ0) is 13.1. The van der Waals surface area contributed by atoms with Gasteiger partial charge in [0.1, 0.15) is 0 Å². The van der Waals surface area contributed by atoms with Crippen molar-refractivity contribution in [3.63, 3.8) is 0 Å². The van der Waals surface area contributed by atoms with Crippen LogP contribution in [0.25, 0.3) is 0 Å². The van der Waals surface area contributed by atoms with Crippen LogP contribution >= 0.6 is 0 Å². The maximum Gasteiger partial charge on any atom is 0.234 e. The lowest BCUT2D eigenvalue weighted by molar-refractivity contribution is -0.144. The molecule has 4 unspecified atom stereocenters. The highest BCUT2D eigenvalue weighted by atomic mass is 16.2. The van der Waals surface area contributed by atoms with Crippen LogP contribution in [0.5, 0.6) is 0 Å². The molecule has 4 heteroatoms. The Labute approximate surface area is 113 Å². The van der Waals surface area contributed by atoms with Crippen LogP contribution in [0.3, 0.4) is 0 Å². The van der Waals surface area contributed by atoms with E-state index in [1.807, 2.05) is 0 Å². The molecule has 2 bridgehead atoms. The zero-order valence-electron chi connectivity index (χ0n) is 11.0. The summed E-state index contributed by atoms with van der Waals surface area (Å²) in [6.07, 6.45) is 9.30. The topological polar surface area (TPSA) is 63.4 Å². The molecule has 0 aromatic rings. The SMILES string of the molecule is N[C@@H]1CCCC[C@H]1N1C(=O)C2C3C=CC(C3)C2C1=O. The van der Waals surface area contributed by atoms with Crippen molar-refractivity contribution < 1.29 is 9.59 Å². The lowest BCUT2D eigenvalue weighted by Crippen LogP contribution is -2.52. The van der Waals surface area contributed by atoms with Crippen molar-refractivity contribution in [3.05, 3.63) is 12.2 Å². The fourth-order valence-electron chi connectivity index (χ4n) is 4.71. The Balaban J connectivity index is 1.65. The highest BCUT2D eigenvalue weighted by molar-refractivity contribution is 6.06. The van der Waals surface area contributed by atoms with Gasteiger partial charge in [0, 0.05) is 6.04 Å². The summed E-state index contributed by atoms with van der Waals surface area (Å²) >= 11 is 0. The first-order valence-electron chi connectivity index (χ1n) is 7.49. The monoisotopic (exact) mass is 260 g/mol. The number of nitrogens with two attached hydrogens (primary N) is 1. The lowest BCUT2D eigenvalue weighted by atomic mass is 9.85. The average molecular weight is 260 g/mol. The fourth-order valence-corrected chi connectivity index (χ4v) is 4.71. The van der Waals surface area contributed by atoms with Crippen molar-refractivity contribution in [1.82, 2.24) is 4.90 Å². The molecule has 102 valence electrons. The van der Waals surface area contributed by atoms with E-state index in [1.165, 1.54) is 0 Å². The average Bonchev–Trinajstić information content (AvgIpc) is 3.06. The summed E-state index contributed by atoms with van der Waals surface area (Å²) in [4.78, 5) is 26.9. The fraction of sp³-hybridized carbons (Fsp3) is 0.733. The van der Waals surface area contributed by atoms with Crippen LogP contribution in [0.15, 0.2) is 12.2 Å². The summed E-state index contributed by atoms with van der Waals surface area (Å²) in [6.45, 7) is 0. The van der Waals surface area contributed by atoms with Crippen LogP contribution in [0.2, 0.25) is 0 Å². The van der Waals surface area contributed by atoms with Crippen LogP contribution in [-0.4, -0.2) is 28.8 Å². The molecule has 2 saturated carbocycles. The van der Waals surface area contributed by atoms with E-state index >= 15 is 0 Å². The van der Waals surface area contributed by atoms with Gasteiger partial charge in [0.25, 0.3) is 0 Å². The minimum atomic E-state index is -0.0726. The highest BCUT2D eigenvalue weighted by Crippen LogP contribution is 2.53. The molecular weight excluding hydrogens is 240 g/mol. The number of amides is 2. The normalized spacial score (nSPS) is 48.2. The van der Waals surface area contributed by atoms with Gasteiger partial charge in [-0.3, -0.25) is 14.5 Å². The van der Waals surface area contributed by atoms with Gasteiger partial charge >= 0.3 is 0 Å². The van der Waals surface area contributed by atoms with Crippen LogP contribution in [0, 0.1) is 23.7 Å². The highest BCUT2D eigenvalue weighted by Gasteiger charge is 2.60. The summed E-state index contributed by atoms with van der Waals surface area (Å²) in [7, 11) is 0. The van der Waals surface area contributed by atoms with Gasteiger partial charge in [-0.1, -0.05) is 25.0 Å². The van der Waals surface area contributed by atoms with Crippen LogP contribution in [0.1, 0.15) is 32.1 Å². The van der Waals surface area contributed by atoms with Gasteiger partial charge in [-0.05, 0) is 31.1 Å². The molecule has 2 amide bonds. The van der Waals surface area contributed by atoms with Gasteiger partial charge in [-0.2, -0.15) is 0 Å². The third-order valence-electron chi connectivity index (χ3n) is 5.62. The van der Waals surface area contributed by atoms with E-state index < -0.39 is 0 Å². The molecule has 2 N–H and O–H groups in total. The Morgan fingerprint density at radius 2 is 1.58 bits per heavy atom. The lowest BCUT2D eigenvalue weighted by Gasteiger charge is -2.35. The molecule has 0 aromatic heterocycles. The van der Waals surface area contributed by atoms with Crippen molar-refractivity contribution >= 4 is 11.8 Å². The van der Waals surface area contributed by atoms with Crippen molar-refractivity contribution in [2.75, 3.05) is 0 Å². The third-order valence-corrected chi connectivity index (χ3v) is 5.62. The predicted molar refractivity (Wildman–Crippen MR) is 69.8 cm³/mol. The first-order valence-corrected chi connectivity index (χ1v) is 7.49. The molecule has 6 atom stereocenters. The summed E-state index contributed by atoms with van der Waals surface area (Å²) in [5.41, 5.74) is 6.16. The van der Waals surface area contributed by atoms with E-state index in [0.717, 1.165) is 32.1 Å². The van der Waals surface area contributed by atoms with E-state index in [9.17, 15) is 9.59 Å². The Kier molecular flexibility index (Phi) is 2.40. The van der Waals surface area contributed by atoms with E-state index in [0.29, 0.717) is 11.8 Å². The largest absolute Gasteiger partial charge is 0.326 e. The van der Waals surface area contributed by atoms with Crippen molar-refractivity contribution in [1.29, 1.82) is 0 Å². The number of carbonyl (C=O) groups is 2. The first kappa shape index (κ1) is 11.6. The van der Waals surface area contributed by atoms with Gasteiger partial charge < -0.3 is 5.73 Å². The summed E-state index contributed by atoms with van der Waals surface area (Å²) < 4.78 is 0. The molecule has 3 fully saturated rings. The number of fused-ring (bicyclic) bond motifs is 5. The molecule has 4 aliphatic rings. The molecule has 4 nitrogen and oxygen atoms in total. The molecule has 0 spiro atoms. The minimum absolute atomic E-state index is 0.0221. The number of hydrogen-bond donors (Lipinski definition) is 1. The summed E-state index contributed by atoms with van der Waals surface area (Å²) in [5.74, 6) is 0.587. The standard InChI is InChI=1S/C15H20N2O2/c16-10-3-1-2-4-11(10)17-14(18)12-8-5-6-9(7-8)13(12)15(17)19/h5-6,8-13H,1-4,7,16H2/t8?,9?,10-,11-,12?,13?/m1/s1. The third kappa shape index (κ3) is 1.43. The van der Waals surface area contributed by atoms with Gasteiger partial charge in [-0.15, -0.1) is 0 Å². The van der Waals surface area contributed by atoms with Gasteiger partial charge in [0.15, 0.2) is 0 Å². The number of nitrogens with zero attached hydrogens (tertiary/aromatic N) is 1. The second-order valence-corrected chi connectivity index (χ2v) is 6.56. The van der Waals surface area contributed by atoms with Crippen molar-refractivity contribution in [2.45, 2.75) is 44.2 Å². The number of imide groups is 1. The van der Waals surface area contributed by atoms with Crippen molar-refractivity contribution in [3.8, 4) is 0 Å². The molecule has 1 saturated heterocycles. The Morgan fingerprint density at radius 3 is 2.16 bits per heavy atom. The number of allylic oxidation sites excluding steroid dienone is 2. The Hall–Kier alpha value is -1.16. The number of rotatable bonds is 1. The van der Waals surface area contributed by atoms with Crippen molar-refractivity contribution in [2.24, 2.45) is 29.4 Å². The van der Waals surface area contributed by atoms with Gasteiger partial charge in [-0.25, -0.2) is 0 Å². The first-order chi connectivity index (χ1) is 9.18. The van der Waals surface area contributed by atoms with Crippen LogP contribution in [0.4, 0.5) is 0 Å². The Bertz CT molecular complexity index is 443. The molecule has 1 heterocycles. The molecular formula is C15H20N2O2. The van der Waals surface area contributed by atoms with Crippen LogP contribution in [-0.2, 0) is 9.59 Å². The van der Waals surface area contributed by atoms with Gasteiger partial charge in [0.2, 0.25) is 11.8 Å². The molecule has 0 aromatic carbocycles. The maximum absolute atomic E-state index is 12.6. The van der Waals surface area contributed by atoms with Gasteiger partial charge in [0.05, 0.1) is 17.9 Å². The summed E-state index contributed by atoms with van der Waals surface area (Å²) in [5, 5.41) is 0. The molecule has 4 rings (SSSR count). The van der Waals surface area contributed by atoms with E-state index in [1.54, 1.807) is 4.90 Å². The van der Waals surface area contributed by atoms with Crippen LogP contribution < -0.4 is 5.73 Å². The molecule has 1 aliphatic heterocycles. The maximum atomic E-state index is 12.6. The number of carbonyl (C=O) groups excluding carboxylic acids is 2. The minimum Gasteiger partial charge on any atom is -0.326 e. The second kappa shape index (κ2) is 3.92. The summed E-state index contributed by atoms with van der Waals surface area (Å²) in [6, 6.07) is -0.0650. The van der Waals surface area contributed by atoms with E-state index in [2.05, 4.69) is 12.2 Å². The molecule has 3 aliphatic carbocycles. The Morgan fingerprint density at radius 1 is 1.00 bits per heavy atom. The van der Waals surface area contributed by atoms with E-state index in [4.69, 9.17) is 5.73 Å². The number of hydrogen-bond acceptors (Lipinski definition) is 3.